The van der Waals surface area contributed by atoms with Gasteiger partial charge in [0.1, 0.15) is 12.1 Å². The number of nitrogens with zero attached hydrogens (tertiary/aromatic N) is 4. The molecule has 2 aliphatic rings. The van der Waals surface area contributed by atoms with Crippen molar-refractivity contribution in [1.29, 1.82) is 0 Å². The van der Waals surface area contributed by atoms with E-state index in [-0.39, 0.29) is 24.8 Å². The van der Waals surface area contributed by atoms with Crippen LogP contribution in [0.1, 0.15) is 63.3 Å². The van der Waals surface area contributed by atoms with E-state index in [1.165, 1.54) is 4.90 Å². The molecule has 0 spiro atoms. The fourth-order valence-corrected chi connectivity index (χ4v) is 4.91. The van der Waals surface area contributed by atoms with E-state index in [1.54, 1.807) is 22.9 Å². The van der Waals surface area contributed by atoms with Crippen molar-refractivity contribution in [2.75, 3.05) is 13.1 Å². The van der Waals surface area contributed by atoms with Gasteiger partial charge in [-0.25, -0.2) is 4.68 Å². The van der Waals surface area contributed by atoms with E-state index in [2.05, 4.69) is 15.6 Å². The van der Waals surface area contributed by atoms with E-state index in [9.17, 15) is 14.7 Å². The molecule has 10 heteroatoms. The van der Waals surface area contributed by atoms with Crippen LogP contribution in [-0.4, -0.2) is 62.0 Å². The number of rotatable bonds is 7. The molecule has 4 rings (SSSR count). The second-order valence-electron chi connectivity index (χ2n) is 10.3. The molecule has 184 valence electrons. The van der Waals surface area contributed by atoms with Gasteiger partial charge in [0.2, 0.25) is 11.8 Å². The third-order valence-electron chi connectivity index (χ3n) is 6.41. The first-order chi connectivity index (χ1) is 16.0. The normalized spacial score (nSPS) is 21.5. The van der Waals surface area contributed by atoms with Gasteiger partial charge >= 0.3 is 0 Å². The van der Waals surface area contributed by atoms with Crippen molar-refractivity contribution < 1.29 is 14.7 Å². The molecule has 1 saturated heterocycles. The minimum absolute atomic E-state index is 0.105. The molecule has 2 aromatic rings. The molecular formula is C24H31Cl2N5O3. The summed E-state index contributed by atoms with van der Waals surface area (Å²) >= 11 is 12.3. The Morgan fingerprint density at radius 3 is 2.68 bits per heavy atom. The van der Waals surface area contributed by atoms with Gasteiger partial charge in [0.05, 0.1) is 11.8 Å². The molecule has 1 aliphatic heterocycles. The number of hydrogen-bond donors (Lipinski definition) is 2. The van der Waals surface area contributed by atoms with Crippen molar-refractivity contribution >= 4 is 35.0 Å². The molecule has 1 saturated carbocycles. The summed E-state index contributed by atoms with van der Waals surface area (Å²) in [6.45, 7) is 6.33. The fourth-order valence-electron chi connectivity index (χ4n) is 4.50. The molecule has 34 heavy (non-hydrogen) atoms. The van der Waals surface area contributed by atoms with Crippen LogP contribution in [0, 0.1) is 5.41 Å². The highest BCUT2D eigenvalue weighted by molar-refractivity contribution is 6.33. The molecule has 8 nitrogen and oxygen atoms in total. The van der Waals surface area contributed by atoms with Crippen molar-refractivity contribution in [2.24, 2.45) is 5.41 Å². The van der Waals surface area contributed by atoms with Gasteiger partial charge in [-0.1, -0.05) is 49.2 Å². The van der Waals surface area contributed by atoms with Crippen molar-refractivity contribution in [1.82, 2.24) is 25.2 Å². The van der Waals surface area contributed by atoms with E-state index >= 15 is 0 Å². The lowest BCUT2D eigenvalue weighted by Crippen LogP contribution is -2.50. The zero-order valence-corrected chi connectivity index (χ0v) is 21.2. The van der Waals surface area contributed by atoms with Gasteiger partial charge < -0.3 is 15.3 Å². The van der Waals surface area contributed by atoms with E-state index in [0.29, 0.717) is 28.9 Å². The number of hydrogen-bond acceptors (Lipinski definition) is 5. The van der Waals surface area contributed by atoms with Crippen LogP contribution >= 0.6 is 23.2 Å². The topological polar surface area (TPSA) is 100 Å². The smallest absolute Gasteiger partial charge is 0.248 e. The number of likely N-dealkylation sites (tertiary alicyclic amines) is 1. The standard InChI is InChI=1S/C24H31Cl2N5O3/c1-24(2,3)21(31-13-19(28-29-31)14-4-5-14)23(34)30-12-17(32)11-20(30)22(33)27-9-8-15-10-16(25)6-7-18(15)26/h6-7,10,13-14,17,20-21,32H,4-5,8-9,11-12H2,1-3H3,(H,27,33)/t17?,20?,21-/m1/s1. The first-order valence-electron chi connectivity index (χ1n) is 11.7. The molecule has 2 amide bonds. The van der Waals surface area contributed by atoms with Crippen LogP contribution in [0.15, 0.2) is 24.4 Å². The average molecular weight is 508 g/mol. The van der Waals surface area contributed by atoms with Gasteiger partial charge in [0.25, 0.3) is 0 Å². The van der Waals surface area contributed by atoms with Crippen LogP contribution in [-0.2, 0) is 16.0 Å². The molecule has 1 aromatic carbocycles. The molecule has 2 unspecified atom stereocenters. The second-order valence-corrected chi connectivity index (χ2v) is 11.2. The van der Waals surface area contributed by atoms with Crippen LogP contribution in [0.4, 0.5) is 0 Å². The lowest BCUT2D eigenvalue weighted by atomic mass is 9.85. The lowest BCUT2D eigenvalue weighted by Gasteiger charge is -2.34. The van der Waals surface area contributed by atoms with Gasteiger partial charge in [-0.05, 0) is 48.4 Å². The Hall–Kier alpha value is -2.16. The predicted molar refractivity (Wildman–Crippen MR) is 130 cm³/mol. The predicted octanol–water partition coefficient (Wildman–Crippen LogP) is 3.37. The van der Waals surface area contributed by atoms with Crippen LogP contribution in [0.25, 0.3) is 0 Å². The molecule has 2 heterocycles. The average Bonchev–Trinajstić information content (AvgIpc) is 3.37. The number of β-amino-alcohol motifs (C(OH)–C–C–N with tert-alkyl or cyclic N) is 1. The van der Waals surface area contributed by atoms with E-state index in [4.69, 9.17) is 23.2 Å². The van der Waals surface area contributed by atoms with Crippen LogP contribution in [0.3, 0.4) is 0 Å². The minimum atomic E-state index is -0.763. The molecular weight excluding hydrogens is 477 g/mol. The van der Waals surface area contributed by atoms with Gasteiger partial charge in [0.15, 0.2) is 0 Å². The summed E-state index contributed by atoms with van der Waals surface area (Å²) in [6.07, 6.45) is 3.96. The summed E-state index contributed by atoms with van der Waals surface area (Å²) in [7, 11) is 0. The molecule has 0 bridgehead atoms. The SMILES string of the molecule is CC(C)(C)[C@@H](C(=O)N1CC(O)CC1C(=O)NCCc1cc(Cl)ccc1Cl)n1cc(C2CC2)nn1. The molecule has 3 atom stereocenters. The van der Waals surface area contributed by atoms with Crippen molar-refractivity contribution in [2.45, 2.75) is 70.6 Å². The Morgan fingerprint density at radius 2 is 2.00 bits per heavy atom. The first-order valence-corrected chi connectivity index (χ1v) is 12.4. The number of carbonyl (C=O) groups excluding carboxylic acids is 2. The second kappa shape index (κ2) is 9.84. The first kappa shape index (κ1) is 24.9. The Balaban J connectivity index is 1.46. The number of nitrogens with one attached hydrogen (secondary N) is 1. The number of aliphatic hydroxyl groups excluding tert-OH is 1. The van der Waals surface area contributed by atoms with Crippen molar-refractivity contribution in [3.63, 3.8) is 0 Å². The van der Waals surface area contributed by atoms with E-state index < -0.39 is 23.6 Å². The highest BCUT2D eigenvalue weighted by Gasteiger charge is 2.45. The highest BCUT2D eigenvalue weighted by atomic mass is 35.5. The number of aromatic nitrogens is 3. The monoisotopic (exact) mass is 507 g/mol. The third-order valence-corrected chi connectivity index (χ3v) is 7.01. The lowest BCUT2D eigenvalue weighted by molar-refractivity contribution is -0.144. The largest absolute Gasteiger partial charge is 0.391 e. The highest BCUT2D eigenvalue weighted by Crippen LogP contribution is 2.40. The Bertz CT molecular complexity index is 1060. The molecule has 1 aromatic heterocycles. The summed E-state index contributed by atoms with van der Waals surface area (Å²) in [5.41, 5.74) is 1.26. The van der Waals surface area contributed by atoms with Crippen molar-refractivity contribution in [3.05, 3.63) is 45.7 Å². The summed E-state index contributed by atoms with van der Waals surface area (Å²) in [5, 5.41) is 22.9. The number of carbonyl (C=O) groups is 2. The number of benzene rings is 1. The maximum absolute atomic E-state index is 13.7. The van der Waals surface area contributed by atoms with Crippen LogP contribution in [0.5, 0.6) is 0 Å². The molecule has 2 fully saturated rings. The Morgan fingerprint density at radius 1 is 1.26 bits per heavy atom. The Kier molecular flexibility index (Phi) is 7.22. The maximum atomic E-state index is 13.7. The molecule has 0 radical (unpaired) electrons. The zero-order chi connectivity index (χ0) is 24.6. The van der Waals surface area contributed by atoms with Crippen molar-refractivity contribution in [3.8, 4) is 0 Å². The maximum Gasteiger partial charge on any atom is 0.248 e. The van der Waals surface area contributed by atoms with E-state index in [0.717, 1.165) is 24.1 Å². The third kappa shape index (κ3) is 5.56. The fraction of sp³-hybridized carbons (Fsp3) is 0.583. The zero-order valence-electron chi connectivity index (χ0n) is 19.7. The summed E-state index contributed by atoms with van der Waals surface area (Å²) < 4.78 is 1.62. The molecule has 1 aliphatic carbocycles. The number of halogens is 2. The van der Waals surface area contributed by atoms with Crippen LogP contribution < -0.4 is 5.32 Å². The number of aliphatic hydroxyl groups is 1. The minimum Gasteiger partial charge on any atom is -0.391 e. The van der Waals surface area contributed by atoms with Crippen LogP contribution in [0.2, 0.25) is 10.0 Å². The summed E-state index contributed by atoms with van der Waals surface area (Å²) in [5.74, 6) is -0.119. The molecule has 2 N–H and O–H groups in total. The summed E-state index contributed by atoms with van der Waals surface area (Å²) in [6, 6.07) is 3.81. The van der Waals surface area contributed by atoms with Gasteiger partial charge in [-0.2, -0.15) is 0 Å². The number of amides is 2. The van der Waals surface area contributed by atoms with Gasteiger partial charge in [-0.15, -0.1) is 5.10 Å². The Labute approximate surface area is 209 Å². The van der Waals surface area contributed by atoms with E-state index in [1.807, 2.05) is 27.0 Å². The summed E-state index contributed by atoms with van der Waals surface area (Å²) in [4.78, 5) is 28.3. The quantitative estimate of drug-likeness (QED) is 0.598. The van der Waals surface area contributed by atoms with Gasteiger partial charge in [-0.3, -0.25) is 9.59 Å². The van der Waals surface area contributed by atoms with Gasteiger partial charge in [0, 0.05) is 41.7 Å².